The molecule has 180 valence electrons. The molecule has 4 rings (SSSR count). The highest BCUT2D eigenvalue weighted by Gasteiger charge is 2.35. The third kappa shape index (κ3) is 5.18. The number of sulfonamides is 1. The summed E-state index contributed by atoms with van der Waals surface area (Å²) < 4.78 is 35.4. The summed E-state index contributed by atoms with van der Waals surface area (Å²) in [5, 5.41) is 7.51. The van der Waals surface area contributed by atoms with Gasteiger partial charge in [0.15, 0.2) is 0 Å². The number of nitrogens with one attached hydrogen (secondary N) is 1. The van der Waals surface area contributed by atoms with E-state index in [1.165, 1.54) is 15.2 Å². The molecule has 0 bridgehead atoms. The zero-order valence-electron chi connectivity index (χ0n) is 19.0. The molecule has 0 spiro atoms. The Balaban J connectivity index is 1.49. The predicted octanol–water partition coefficient (Wildman–Crippen LogP) is 2.28. The van der Waals surface area contributed by atoms with Gasteiger partial charge in [0.25, 0.3) is 15.9 Å². The van der Waals surface area contributed by atoms with Gasteiger partial charge in [-0.15, -0.1) is 0 Å². The number of halogens is 1. The van der Waals surface area contributed by atoms with E-state index in [9.17, 15) is 13.2 Å². The number of hydrogen-bond donors (Lipinski definition) is 1. The second kappa shape index (κ2) is 10.0. The minimum Gasteiger partial charge on any atom is -0.376 e. The summed E-state index contributed by atoms with van der Waals surface area (Å²) >= 11 is 6.16. The predicted molar refractivity (Wildman–Crippen MR) is 126 cm³/mol. The van der Waals surface area contributed by atoms with E-state index in [1.807, 2.05) is 32.0 Å². The molecule has 3 heterocycles. The van der Waals surface area contributed by atoms with E-state index in [1.54, 1.807) is 0 Å². The van der Waals surface area contributed by atoms with Crippen molar-refractivity contribution in [2.45, 2.75) is 44.4 Å². The average Bonchev–Trinajstić information content (AvgIpc) is 3.49. The normalized spacial score (nSPS) is 19.7. The molecule has 0 aliphatic carbocycles. The van der Waals surface area contributed by atoms with Crippen molar-refractivity contribution in [3.05, 3.63) is 40.5 Å². The van der Waals surface area contributed by atoms with Crippen molar-refractivity contribution in [3.63, 3.8) is 0 Å². The van der Waals surface area contributed by atoms with Crippen molar-refractivity contribution in [2.75, 3.05) is 44.2 Å². The topological polar surface area (TPSA) is 96.8 Å². The molecule has 11 heteroatoms. The van der Waals surface area contributed by atoms with Crippen LogP contribution >= 0.6 is 11.6 Å². The van der Waals surface area contributed by atoms with Crippen LogP contribution in [-0.4, -0.2) is 73.8 Å². The molecule has 0 saturated carbocycles. The number of hydrogen-bond acceptors (Lipinski definition) is 6. The highest BCUT2D eigenvalue weighted by molar-refractivity contribution is 7.89. The third-order valence-corrected chi connectivity index (χ3v) is 8.22. The first-order valence-electron chi connectivity index (χ1n) is 11.3. The Hall–Kier alpha value is -2.14. The molecule has 0 unspecified atom stereocenters. The Labute approximate surface area is 199 Å². The zero-order valence-corrected chi connectivity index (χ0v) is 20.5. The van der Waals surface area contributed by atoms with Gasteiger partial charge in [-0.2, -0.15) is 9.40 Å². The summed E-state index contributed by atoms with van der Waals surface area (Å²) in [6.45, 7) is 7.00. The van der Waals surface area contributed by atoms with Crippen LogP contribution in [-0.2, 0) is 21.3 Å². The van der Waals surface area contributed by atoms with Gasteiger partial charge in [0.05, 0.1) is 11.7 Å². The Kier molecular flexibility index (Phi) is 7.28. The molecule has 33 heavy (non-hydrogen) atoms. The molecule has 2 fully saturated rings. The maximum Gasteiger partial charge on any atom is 0.263 e. The standard InChI is InChI=1S/C22H30ClN5O4S/c1-3-27-15-19(21(29)24-14-18-5-4-12-32-18)22(25-27)33(30,31)28-10-8-26(9-11-28)20-13-17(23)7-6-16(20)2/h6-7,13,15,18H,3-5,8-12,14H2,1-2H3,(H,24,29)/t18-/m1/s1. The molecule has 1 atom stereocenters. The first kappa shape index (κ1) is 24.0. The SMILES string of the molecule is CCn1cc(C(=O)NC[C@H]2CCCO2)c(S(=O)(=O)N2CCN(c3cc(Cl)ccc3C)CC2)n1. The van der Waals surface area contributed by atoms with Gasteiger partial charge < -0.3 is 15.0 Å². The summed E-state index contributed by atoms with van der Waals surface area (Å²) in [4.78, 5) is 15.0. The molecule has 1 amide bonds. The van der Waals surface area contributed by atoms with Gasteiger partial charge in [-0.3, -0.25) is 9.48 Å². The number of ether oxygens (including phenoxy) is 1. The van der Waals surface area contributed by atoms with Crippen LogP contribution in [0, 0.1) is 6.92 Å². The van der Waals surface area contributed by atoms with Crippen molar-refractivity contribution < 1.29 is 17.9 Å². The number of carbonyl (C=O) groups excluding carboxylic acids is 1. The van der Waals surface area contributed by atoms with Crippen LogP contribution in [0.15, 0.2) is 29.4 Å². The second-order valence-electron chi connectivity index (χ2n) is 8.37. The fraction of sp³-hybridized carbons (Fsp3) is 0.545. The maximum absolute atomic E-state index is 13.5. The van der Waals surface area contributed by atoms with Gasteiger partial charge in [0.2, 0.25) is 5.03 Å². The maximum atomic E-state index is 13.5. The van der Waals surface area contributed by atoms with Crippen molar-refractivity contribution in [1.82, 2.24) is 19.4 Å². The number of amides is 1. The minimum atomic E-state index is -3.93. The molecule has 2 aliphatic heterocycles. The minimum absolute atomic E-state index is 0.0294. The molecule has 2 aliphatic rings. The number of rotatable bonds is 7. The molecule has 9 nitrogen and oxygen atoms in total. The second-order valence-corrected chi connectivity index (χ2v) is 10.7. The largest absolute Gasteiger partial charge is 0.376 e. The van der Waals surface area contributed by atoms with E-state index >= 15 is 0 Å². The van der Waals surface area contributed by atoms with Crippen molar-refractivity contribution in [1.29, 1.82) is 0 Å². The fourth-order valence-electron chi connectivity index (χ4n) is 4.23. The smallest absolute Gasteiger partial charge is 0.263 e. The Morgan fingerprint density at radius 2 is 2.03 bits per heavy atom. The van der Waals surface area contributed by atoms with Gasteiger partial charge >= 0.3 is 0 Å². The van der Waals surface area contributed by atoms with E-state index in [0.29, 0.717) is 50.9 Å². The van der Waals surface area contributed by atoms with Crippen molar-refractivity contribution in [3.8, 4) is 0 Å². The number of nitrogens with zero attached hydrogens (tertiary/aromatic N) is 4. The van der Waals surface area contributed by atoms with E-state index in [4.69, 9.17) is 16.3 Å². The average molecular weight is 496 g/mol. The lowest BCUT2D eigenvalue weighted by Crippen LogP contribution is -2.49. The number of benzene rings is 1. The number of anilines is 1. The summed E-state index contributed by atoms with van der Waals surface area (Å²) in [5.74, 6) is -0.447. The molecular weight excluding hydrogens is 466 g/mol. The summed E-state index contributed by atoms with van der Waals surface area (Å²) in [7, 11) is -3.93. The first-order valence-corrected chi connectivity index (χ1v) is 13.1. The Morgan fingerprint density at radius 1 is 1.27 bits per heavy atom. The molecule has 2 aromatic rings. The van der Waals surface area contributed by atoms with E-state index in [-0.39, 0.29) is 16.7 Å². The van der Waals surface area contributed by atoms with Crippen LogP contribution in [0.4, 0.5) is 5.69 Å². The molecule has 1 aromatic heterocycles. The number of aromatic nitrogens is 2. The lowest BCUT2D eigenvalue weighted by Gasteiger charge is -2.35. The summed E-state index contributed by atoms with van der Waals surface area (Å²) in [6, 6.07) is 5.71. The number of piperazine rings is 1. The first-order chi connectivity index (χ1) is 15.8. The quantitative estimate of drug-likeness (QED) is 0.633. The van der Waals surface area contributed by atoms with Gasteiger partial charge in [-0.25, -0.2) is 8.42 Å². The zero-order chi connectivity index (χ0) is 23.6. The number of aryl methyl sites for hydroxylation is 2. The van der Waals surface area contributed by atoms with Crippen LogP contribution < -0.4 is 10.2 Å². The van der Waals surface area contributed by atoms with E-state index < -0.39 is 15.9 Å². The third-order valence-electron chi connectivity index (χ3n) is 6.15. The van der Waals surface area contributed by atoms with Gasteiger partial charge in [-0.05, 0) is 44.4 Å². The van der Waals surface area contributed by atoms with Gasteiger partial charge in [0.1, 0.15) is 0 Å². The van der Waals surface area contributed by atoms with Gasteiger partial charge in [-0.1, -0.05) is 17.7 Å². The molecular formula is C22H30ClN5O4S. The van der Waals surface area contributed by atoms with Crippen molar-refractivity contribution in [2.24, 2.45) is 0 Å². The van der Waals surface area contributed by atoms with Crippen LogP contribution in [0.2, 0.25) is 5.02 Å². The van der Waals surface area contributed by atoms with Crippen LogP contribution in [0.5, 0.6) is 0 Å². The highest BCUT2D eigenvalue weighted by Crippen LogP contribution is 2.27. The van der Waals surface area contributed by atoms with Crippen LogP contribution in [0.1, 0.15) is 35.7 Å². The number of carbonyl (C=O) groups is 1. The highest BCUT2D eigenvalue weighted by atomic mass is 35.5. The van der Waals surface area contributed by atoms with Crippen LogP contribution in [0.25, 0.3) is 0 Å². The fourth-order valence-corrected chi connectivity index (χ4v) is 5.92. The molecule has 0 radical (unpaired) electrons. The molecule has 1 aromatic carbocycles. The van der Waals surface area contributed by atoms with E-state index in [2.05, 4.69) is 15.3 Å². The van der Waals surface area contributed by atoms with Gasteiger partial charge in [0, 0.05) is 62.8 Å². The summed E-state index contributed by atoms with van der Waals surface area (Å²) in [5.41, 5.74) is 2.16. The lowest BCUT2D eigenvalue weighted by atomic mass is 10.1. The Bertz CT molecular complexity index is 1110. The summed E-state index contributed by atoms with van der Waals surface area (Å²) in [6.07, 6.45) is 3.33. The Morgan fingerprint density at radius 3 is 2.70 bits per heavy atom. The van der Waals surface area contributed by atoms with E-state index in [0.717, 1.165) is 24.1 Å². The lowest BCUT2D eigenvalue weighted by molar-refractivity contribution is 0.0855. The van der Waals surface area contributed by atoms with Crippen LogP contribution in [0.3, 0.4) is 0 Å². The molecule has 2 saturated heterocycles. The van der Waals surface area contributed by atoms with Crippen molar-refractivity contribution >= 4 is 33.2 Å². The monoisotopic (exact) mass is 495 g/mol. The molecule has 1 N–H and O–H groups in total.